The summed E-state index contributed by atoms with van der Waals surface area (Å²) in [7, 11) is 0. The van der Waals surface area contributed by atoms with Gasteiger partial charge in [0.2, 0.25) is 0 Å². The minimum Gasteiger partial charge on any atom is -0.376 e. The lowest BCUT2D eigenvalue weighted by Crippen LogP contribution is -2.52. The number of hydrogen-bond donors (Lipinski definition) is 0. The normalized spacial score (nSPS) is 33.2. The summed E-state index contributed by atoms with van der Waals surface area (Å²) < 4.78 is 23.1. The van der Waals surface area contributed by atoms with E-state index in [0.29, 0.717) is 32.9 Å². The van der Waals surface area contributed by atoms with Gasteiger partial charge in [-0.05, 0) is 0 Å². The molecule has 2 heterocycles. The second-order valence-corrected chi connectivity index (χ2v) is 3.38. The van der Waals surface area contributed by atoms with E-state index in [1.807, 2.05) is 0 Å². The Balaban J connectivity index is 1.65. The van der Waals surface area contributed by atoms with Crippen molar-refractivity contribution in [3.63, 3.8) is 0 Å². The molecule has 0 aliphatic carbocycles. The number of likely N-dealkylation sites (tertiary alicyclic amines) is 1. The molecule has 0 aromatic rings. The molecule has 2 aliphatic rings. The zero-order chi connectivity index (χ0) is 8.39. The summed E-state index contributed by atoms with van der Waals surface area (Å²) in [6, 6.07) is 0. The lowest BCUT2D eigenvalue weighted by atomic mass is 10.1. The van der Waals surface area contributed by atoms with Crippen LogP contribution in [0.25, 0.3) is 0 Å². The Morgan fingerprint density at radius 3 is 2.75 bits per heavy atom. The molecule has 0 aromatic heterocycles. The predicted octanol–water partition coefficient (Wildman–Crippen LogP) is 0.0555. The van der Waals surface area contributed by atoms with Crippen molar-refractivity contribution in [3.05, 3.63) is 0 Å². The molecular formula is C8H14FNO2. The molecule has 0 amide bonds. The third kappa shape index (κ3) is 1.94. The third-order valence-electron chi connectivity index (χ3n) is 2.26. The van der Waals surface area contributed by atoms with Crippen molar-refractivity contribution in [2.75, 3.05) is 39.5 Å². The van der Waals surface area contributed by atoms with Crippen LogP contribution in [0.4, 0.5) is 4.39 Å². The van der Waals surface area contributed by atoms with E-state index < -0.39 is 6.17 Å². The topological polar surface area (TPSA) is 21.7 Å². The van der Waals surface area contributed by atoms with Crippen molar-refractivity contribution in [2.24, 2.45) is 0 Å². The first kappa shape index (κ1) is 8.41. The molecule has 0 aromatic carbocycles. The van der Waals surface area contributed by atoms with Crippen LogP contribution in [0.1, 0.15) is 0 Å². The third-order valence-corrected chi connectivity index (χ3v) is 2.26. The van der Waals surface area contributed by atoms with Crippen LogP contribution in [0.5, 0.6) is 0 Å². The van der Waals surface area contributed by atoms with Crippen LogP contribution in [-0.4, -0.2) is 56.6 Å². The minimum atomic E-state index is -0.616. The van der Waals surface area contributed by atoms with E-state index in [0.717, 1.165) is 6.54 Å². The lowest BCUT2D eigenvalue weighted by Gasteiger charge is -2.37. The van der Waals surface area contributed by atoms with Crippen LogP contribution in [0.3, 0.4) is 0 Å². The van der Waals surface area contributed by atoms with Gasteiger partial charge in [-0.2, -0.15) is 0 Å². The van der Waals surface area contributed by atoms with Gasteiger partial charge in [0.1, 0.15) is 6.17 Å². The van der Waals surface area contributed by atoms with Crippen molar-refractivity contribution in [2.45, 2.75) is 12.3 Å². The summed E-state index contributed by atoms with van der Waals surface area (Å²) in [6.07, 6.45) is -0.458. The Bertz CT molecular complexity index is 144. The number of rotatable bonds is 2. The first-order valence-corrected chi connectivity index (χ1v) is 4.40. The average molecular weight is 175 g/mol. The Labute approximate surface area is 71.4 Å². The highest BCUT2D eigenvalue weighted by atomic mass is 19.1. The van der Waals surface area contributed by atoms with E-state index in [2.05, 4.69) is 4.90 Å². The zero-order valence-electron chi connectivity index (χ0n) is 7.04. The fourth-order valence-electron chi connectivity index (χ4n) is 1.59. The summed E-state index contributed by atoms with van der Waals surface area (Å²) in [5, 5.41) is 0. The molecular weight excluding hydrogens is 161 g/mol. The maximum absolute atomic E-state index is 12.4. The largest absolute Gasteiger partial charge is 0.376 e. The van der Waals surface area contributed by atoms with Gasteiger partial charge in [0.25, 0.3) is 0 Å². The van der Waals surface area contributed by atoms with Crippen molar-refractivity contribution in [3.8, 4) is 0 Å². The first-order chi connectivity index (χ1) is 5.84. The SMILES string of the molecule is FC1CN(CC2COCCO2)C1. The van der Waals surface area contributed by atoms with Gasteiger partial charge < -0.3 is 9.47 Å². The van der Waals surface area contributed by atoms with Gasteiger partial charge in [0.15, 0.2) is 0 Å². The standard InChI is InChI=1S/C8H14FNO2/c9-7-3-10(4-7)5-8-6-11-1-2-12-8/h7-8H,1-6H2. The molecule has 3 nitrogen and oxygen atoms in total. The molecule has 0 bridgehead atoms. The highest BCUT2D eigenvalue weighted by molar-refractivity contribution is 4.81. The zero-order valence-corrected chi connectivity index (χ0v) is 7.04. The fourth-order valence-corrected chi connectivity index (χ4v) is 1.59. The molecule has 4 heteroatoms. The molecule has 0 spiro atoms. The molecule has 70 valence electrons. The minimum absolute atomic E-state index is 0.159. The summed E-state index contributed by atoms with van der Waals surface area (Å²) in [6.45, 7) is 3.99. The van der Waals surface area contributed by atoms with Gasteiger partial charge in [0, 0.05) is 19.6 Å². The number of nitrogens with zero attached hydrogens (tertiary/aromatic N) is 1. The molecule has 12 heavy (non-hydrogen) atoms. The smallest absolute Gasteiger partial charge is 0.125 e. The van der Waals surface area contributed by atoms with Gasteiger partial charge in [-0.1, -0.05) is 0 Å². The van der Waals surface area contributed by atoms with Gasteiger partial charge in [-0.25, -0.2) is 4.39 Å². The molecule has 0 radical (unpaired) electrons. The van der Waals surface area contributed by atoms with E-state index in [9.17, 15) is 4.39 Å². The van der Waals surface area contributed by atoms with Gasteiger partial charge >= 0.3 is 0 Å². The van der Waals surface area contributed by atoms with E-state index >= 15 is 0 Å². The average Bonchev–Trinajstić information content (AvgIpc) is 2.04. The predicted molar refractivity (Wildman–Crippen MR) is 41.9 cm³/mol. The molecule has 0 saturated carbocycles. The van der Waals surface area contributed by atoms with Crippen LogP contribution >= 0.6 is 0 Å². The van der Waals surface area contributed by atoms with E-state index in [-0.39, 0.29) is 6.10 Å². The maximum Gasteiger partial charge on any atom is 0.125 e. The molecule has 2 aliphatic heterocycles. The number of ether oxygens (including phenoxy) is 2. The Kier molecular flexibility index (Phi) is 2.58. The van der Waals surface area contributed by atoms with Crippen molar-refractivity contribution < 1.29 is 13.9 Å². The van der Waals surface area contributed by atoms with Crippen molar-refractivity contribution >= 4 is 0 Å². The van der Waals surface area contributed by atoms with Gasteiger partial charge in [0.05, 0.1) is 25.9 Å². The molecule has 2 rings (SSSR count). The number of alkyl halides is 1. The van der Waals surface area contributed by atoms with Crippen LogP contribution < -0.4 is 0 Å². The van der Waals surface area contributed by atoms with Gasteiger partial charge in [-0.15, -0.1) is 0 Å². The summed E-state index contributed by atoms with van der Waals surface area (Å²) in [4.78, 5) is 2.06. The van der Waals surface area contributed by atoms with Gasteiger partial charge in [-0.3, -0.25) is 4.90 Å². The Hall–Kier alpha value is -0.190. The maximum atomic E-state index is 12.4. The quantitative estimate of drug-likeness (QED) is 0.592. The van der Waals surface area contributed by atoms with Crippen LogP contribution in [0.2, 0.25) is 0 Å². The highest BCUT2D eigenvalue weighted by Crippen LogP contribution is 2.13. The second kappa shape index (κ2) is 3.68. The summed E-state index contributed by atoms with van der Waals surface area (Å²) in [5.74, 6) is 0. The van der Waals surface area contributed by atoms with E-state index in [1.54, 1.807) is 0 Å². The molecule has 1 atom stereocenters. The van der Waals surface area contributed by atoms with Crippen LogP contribution in [-0.2, 0) is 9.47 Å². The Morgan fingerprint density at radius 1 is 1.33 bits per heavy atom. The summed E-state index contributed by atoms with van der Waals surface area (Å²) in [5.41, 5.74) is 0. The molecule has 1 unspecified atom stereocenters. The summed E-state index contributed by atoms with van der Waals surface area (Å²) >= 11 is 0. The van der Waals surface area contributed by atoms with E-state index in [1.165, 1.54) is 0 Å². The van der Waals surface area contributed by atoms with E-state index in [4.69, 9.17) is 9.47 Å². The fraction of sp³-hybridized carbons (Fsp3) is 1.00. The number of halogens is 1. The van der Waals surface area contributed by atoms with Crippen LogP contribution in [0.15, 0.2) is 0 Å². The first-order valence-electron chi connectivity index (χ1n) is 4.40. The van der Waals surface area contributed by atoms with Crippen LogP contribution in [0, 0.1) is 0 Å². The molecule has 2 saturated heterocycles. The Morgan fingerprint density at radius 2 is 2.17 bits per heavy atom. The monoisotopic (exact) mass is 175 g/mol. The van der Waals surface area contributed by atoms with Crippen molar-refractivity contribution in [1.82, 2.24) is 4.90 Å². The van der Waals surface area contributed by atoms with Crippen molar-refractivity contribution in [1.29, 1.82) is 0 Å². The molecule has 2 fully saturated rings. The lowest BCUT2D eigenvalue weighted by molar-refractivity contribution is -0.107. The highest BCUT2D eigenvalue weighted by Gasteiger charge is 2.29. The number of hydrogen-bond acceptors (Lipinski definition) is 3. The molecule has 0 N–H and O–H groups in total. The second-order valence-electron chi connectivity index (χ2n) is 3.38.